The molecule has 0 aliphatic carbocycles. The Kier molecular flexibility index (Phi) is 4.81. The standard InChI is InChI=1S/C17H12BrN3O5/c18-13-6-5-10(21(25)26)9-14(13)19-15(22)7-8-20-16(23)11-3-1-2-4-12(11)17(20)24/h1-6,9H,7-8H2,(H,19,22). The molecular weight excluding hydrogens is 406 g/mol. The number of anilines is 1. The van der Waals surface area contributed by atoms with Crippen LogP contribution in [0.5, 0.6) is 0 Å². The summed E-state index contributed by atoms with van der Waals surface area (Å²) in [6, 6.07) is 10.5. The Morgan fingerprint density at radius 1 is 1.12 bits per heavy atom. The van der Waals surface area contributed by atoms with Crippen molar-refractivity contribution in [2.24, 2.45) is 0 Å². The van der Waals surface area contributed by atoms with E-state index in [1.807, 2.05) is 0 Å². The normalized spacial score (nSPS) is 12.9. The molecule has 2 aromatic carbocycles. The predicted octanol–water partition coefficient (Wildman–Crippen LogP) is 2.98. The van der Waals surface area contributed by atoms with Gasteiger partial charge >= 0.3 is 0 Å². The van der Waals surface area contributed by atoms with E-state index in [0.717, 1.165) is 4.90 Å². The van der Waals surface area contributed by atoms with E-state index in [0.29, 0.717) is 15.6 Å². The van der Waals surface area contributed by atoms with Crippen LogP contribution in [0.4, 0.5) is 11.4 Å². The van der Waals surface area contributed by atoms with E-state index in [-0.39, 0.29) is 24.3 Å². The number of amides is 3. The molecule has 0 atom stereocenters. The molecule has 1 N–H and O–H groups in total. The maximum Gasteiger partial charge on any atom is 0.271 e. The molecule has 2 aromatic rings. The van der Waals surface area contributed by atoms with Gasteiger partial charge < -0.3 is 5.32 Å². The minimum atomic E-state index is -0.569. The Balaban J connectivity index is 1.66. The summed E-state index contributed by atoms with van der Waals surface area (Å²) in [6.07, 6.45) is -0.124. The van der Waals surface area contributed by atoms with E-state index in [4.69, 9.17) is 0 Å². The van der Waals surface area contributed by atoms with Gasteiger partial charge in [-0.05, 0) is 34.1 Å². The van der Waals surface area contributed by atoms with Gasteiger partial charge in [0.2, 0.25) is 5.91 Å². The smallest absolute Gasteiger partial charge is 0.271 e. The first-order chi connectivity index (χ1) is 12.4. The van der Waals surface area contributed by atoms with E-state index >= 15 is 0 Å². The molecule has 0 saturated carbocycles. The van der Waals surface area contributed by atoms with Crippen LogP contribution < -0.4 is 5.32 Å². The number of carbonyl (C=O) groups excluding carboxylic acids is 3. The highest BCUT2D eigenvalue weighted by Gasteiger charge is 2.34. The summed E-state index contributed by atoms with van der Waals surface area (Å²) in [5.41, 5.74) is 0.717. The minimum Gasteiger partial charge on any atom is -0.325 e. The number of nitro benzene ring substituents is 1. The maximum absolute atomic E-state index is 12.2. The molecule has 0 fully saturated rings. The quantitative estimate of drug-likeness (QED) is 0.456. The van der Waals surface area contributed by atoms with Crippen LogP contribution in [-0.2, 0) is 4.79 Å². The summed E-state index contributed by atoms with van der Waals surface area (Å²) in [5.74, 6) is -1.34. The van der Waals surface area contributed by atoms with Gasteiger partial charge in [0.25, 0.3) is 17.5 Å². The van der Waals surface area contributed by atoms with Gasteiger partial charge in [0.15, 0.2) is 0 Å². The zero-order valence-corrected chi connectivity index (χ0v) is 14.9. The van der Waals surface area contributed by atoms with Crippen LogP contribution in [0, 0.1) is 10.1 Å². The number of fused-ring (bicyclic) bond motifs is 1. The van der Waals surface area contributed by atoms with Crippen molar-refractivity contribution in [1.29, 1.82) is 0 Å². The van der Waals surface area contributed by atoms with Gasteiger partial charge in [-0.1, -0.05) is 12.1 Å². The summed E-state index contributed by atoms with van der Waals surface area (Å²) in [7, 11) is 0. The molecule has 0 unspecified atom stereocenters. The van der Waals surface area contributed by atoms with Crippen molar-refractivity contribution in [3.8, 4) is 0 Å². The van der Waals surface area contributed by atoms with Gasteiger partial charge in [0.05, 0.1) is 21.7 Å². The summed E-state index contributed by atoms with van der Waals surface area (Å²) in [5, 5.41) is 13.4. The fourth-order valence-electron chi connectivity index (χ4n) is 2.59. The number of halogens is 1. The Morgan fingerprint density at radius 3 is 2.31 bits per heavy atom. The Morgan fingerprint density at radius 2 is 1.73 bits per heavy atom. The number of benzene rings is 2. The van der Waals surface area contributed by atoms with Gasteiger partial charge in [0.1, 0.15) is 0 Å². The number of rotatable bonds is 5. The molecule has 1 aliphatic rings. The molecule has 3 rings (SSSR count). The maximum atomic E-state index is 12.2. The number of imide groups is 1. The molecule has 26 heavy (non-hydrogen) atoms. The Labute approximate surface area is 156 Å². The third kappa shape index (κ3) is 3.33. The van der Waals surface area contributed by atoms with E-state index in [2.05, 4.69) is 21.2 Å². The first-order valence-corrected chi connectivity index (χ1v) is 8.37. The lowest BCUT2D eigenvalue weighted by atomic mass is 10.1. The van der Waals surface area contributed by atoms with Gasteiger partial charge in [0, 0.05) is 29.6 Å². The van der Waals surface area contributed by atoms with Gasteiger partial charge in [-0.2, -0.15) is 0 Å². The van der Waals surface area contributed by atoms with Gasteiger partial charge in [-0.25, -0.2) is 0 Å². The van der Waals surface area contributed by atoms with Crippen molar-refractivity contribution in [3.63, 3.8) is 0 Å². The Hall–Kier alpha value is -3.07. The summed E-state index contributed by atoms with van der Waals surface area (Å²) >= 11 is 3.21. The number of nitrogens with one attached hydrogen (secondary N) is 1. The molecule has 0 spiro atoms. The predicted molar refractivity (Wildman–Crippen MR) is 95.9 cm³/mol. The van der Waals surface area contributed by atoms with Crippen LogP contribution >= 0.6 is 15.9 Å². The summed E-state index contributed by atoms with van der Waals surface area (Å²) in [4.78, 5) is 47.9. The van der Waals surface area contributed by atoms with Crippen molar-refractivity contribution in [2.75, 3.05) is 11.9 Å². The van der Waals surface area contributed by atoms with Crippen LogP contribution in [0.25, 0.3) is 0 Å². The molecular formula is C17H12BrN3O5. The van der Waals surface area contributed by atoms with E-state index in [1.165, 1.54) is 18.2 Å². The second-order valence-corrected chi connectivity index (χ2v) is 6.38. The highest BCUT2D eigenvalue weighted by Crippen LogP contribution is 2.27. The summed E-state index contributed by atoms with van der Waals surface area (Å²) in [6.45, 7) is -0.0786. The van der Waals surface area contributed by atoms with Crippen molar-refractivity contribution >= 4 is 45.0 Å². The third-order valence-corrected chi connectivity index (χ3v) is 4.57. The average Bonchev–Trinajstić information content (AvgIpc) is 2.86. The van der Waals surface area contributed by atoms with Crippen LogP contribution in [0.15, 0.2) is 46.9 Å². The van der Waals surface area contributed by atoms with Crippen molar-refractivity contribution in [1.82, 2.24) is 4.90 Å². The zero-order valence-electron chi connectivity index (χ0n) is 13.3. The molecule has 1 heterocycles. The number of carbonyl (C=O) groups is 3. The number of nitrogens with zero attached hydrogens (tertiary/aromatic N) is 2. The van der Waals surface area contributed by atoms with Crippen LogP contribution in [-0.4, -0.2) is 34.1 Å². The van der Waals surface area contributed by atoms with E-state index < -0.39 is 22.6 Å². The van der Waals surface area contributed by atoms with Gasteiger partial charge in [-0.15, -0.1) is 0 Å². The third-order valence-electron chi connectivity index (χ3n) is 3.88. The number of hydrogen-bond acceptors (Lipinski definition) is 5. The van der Waals surface area contributed by atoms with Crippen LogP contribution in [0.1, 0.15) is 27.1 Å². The number of hydrogen-bond donors (Lipinski definition) is 1. The molecule has 8 nitrogen and oxygen atoms in total. The van der Waals surface area contributed by atoms with Crippen molar-refractivity contribution in [3.05, 3.63) is 68.2 Å². The molecule has 1 aliphatic heterocycles. The molecule has 0 bridgehead atoms. The fourth-order valence-corrected chi connectivity index (χ4v) is 2.94. The van der Waals surface area contributed by atoms with Crippen molar-refractivity contribution in [2.45, 2.75) is 6.42 Å². The molecule has 0 aromatic heterocycles. The zero-order chi connectivity index (χ0) is 18.8. The second-order valence-electron chi connectivity index (χ2n) is 5.53. The molecule has 3 amide bonds. The molecule has 132 valence electrons. The largest absolute Gasteiger partial charge is 0.325 e. The fraction of sp³-hybridized carbons (Fsp3) is 0.118. The lowest BCUT2D eigenvalue weighted by molar-refractivity contribution is -0.384. The molecule has 9 heteroatoms. The molecule has 0 saturated heterocycles. The van der Waals surface area contributed by atoms with Crippen LogP contribution in [0.2, 0.25) is 0 Å². The number of nitro groups is 1. The first kappa shape index (κ1) is 17.7. The van der Waals surface area contributed by atoms with Crippen LogP contribution in [0.3, 0.4) is 0 Å². The highest BCUT2D eigenvalue weighted by molar-refractivity contribution is 9.10. The lowest BCUT2D eigenvalue weighted by Gasteiger charge is -2.14. The second kappa shape index (κ2) is 7.04. The number of non-ortho nitro benzene ring substituents is 1. The minimum absolute atomic E-state index is 0.0786. The lowest BCUT2D eigenvalue weighted by Crippen LogP contribution is -2.32. The van der Waals surface area contributed by atoms with Gasteiger partial charge in [-0.3, -0.25) is 29.4 Å². The average molecular weight is 418 g/mol. The Bertz CT molecular complexity index is 909. The van der Waals surface area contributed by atoms with Crippen molar-refractivity contribution < 1.29 is 19.3 Å². The monoisotopic (exact) mass is 417 g/mol. The van der Waals surface area contributed by atoms with E-state index in [9.17, 15) is 24.5 Å². The highest BCUT2D eigenvalue weighted by atomic mass is 79.9. The SMILES string of the molecule is O=C(CCN1C(=O)c2ccccc2C1=O)Nc1cc([N+](=O)[O-])ccc1Br. The first-order valence-electron chi connectivity index (χ1n) is 7.57. The summed E-state index contributed by atoms with van der Waals surface area (Å²) < 4.78 is 0.484. The van der Waals surface area contributed by atoms with E-state index in [1.54, 1.807) is 24.3 Å². The molecule has 0 radical (unpaired) electrons. The topological polar surface area (TPSA) is 110 Å².